The minimum Gasteiger partial charge on any atom is -0.343 e. The van der Waals surface area contributed by atoms with Crippen LogP contribution in [0.5, 0.6) is 0 Å². The lowest BCUT2D eigenvalue weighted by Crippen LogP contribution is -2.46. The minimum absolute atomic E-state index is 0.0874. The van der Waals surface area contributed by atoms with E-state index in [4.69, 9.17) is 4.84 Å². The van der Waals surface area contributed by atoms with Crippen LogP contribution in [0, 0.1) is 5.92 Å². The minimum atomic E-state index is -0.950. The molecule has 3 amide bonds. The molecule has 0 radical (unpaired) electrons. The third-order valence-electron chi connectivity index (χ3n) is 4.98. The highest BCUT2D eigenvalue weighted by molar-refractivity contribution is 6.20. The van der Waals surface area contributed by atoms with E-state index in [0.717, 1.165) is 12.0 Å². The van der Waals surface area contributed by atoms with Crippen molar-refractivity contribution in [2.75, 3.05) is 0 Å². The Morgan fingerprint density at radius 2 is 1.52 bits per heavy atom. The van der Waals surface area contributed by atoms with E-state index in [1.54, 1.807) is 12.1 Å². The van der Waals surface area contributed by atoms with Crippen molar-refractivity contribution in [1.82, 2.24) is 10.4 Å². The van der Waals surface area contributed by atoms with Gasteiger partial charge in [0.25, 0.3) is 11.8 Å². The summed E-state index contributed by atoms with van der Waals surface area (Å²) in [5.74, 6) is -2.40. The van der Waals surface area contributed by atoms with Crippen LogP contribution < -0.4 is 5.32 Å². The molecule has 3 rings (SSSR count). The molecular formula is C24H26N2O5. The van der Waals surface area contributed by atoms with E-state index < -0.39 is 23.8 Å². The number of nitrogens with zero attached hydrogens (tertiary/aromatic N) is 1. The first-order chi connectivity index (χ1) is 14.9. The molecule has 1 heterocycles. The summed E-state index contributed by atoms with van der Waals surface area (Å²) in [4.78, 5) is 55.1. The van der Waals surface area contributed by atoms with Gasteiger partial charge in [0.2, 0.25) is 5.91 Å². The predicted molar refractivity (Wildman–Crippen MR) is 114 cm³/mol. The highest BCUT2D eigenvalue weighted by Crippen LogP contribution is 2.23. The lowest BCUT2D eigenvalue weighted by molar-refractivity contribution is -0.172. The molecule has 0 bridgehead atoms. The Kier molecular flexibility index (Phi) is 7.18. The van der Waals surface area contributed by atoms with Gasteiger partial charge in [-0.3, -0.25) is 14.4 Å². The number of carbonyl (C=O) groups excluding carboxylic acids is 4. The lowest BCUT2D eigenvalue weighted by atomic mass is 10.0. The van der Waals surface area contributed by atoms with Crippen molar-refractivity contribution in [2.24, 2.45) is 5.92 Å². The van der Waals surface area contributed by atoms with Gasteiger partial charge in [0.05, 0.1) is 11.1 Å². The summed E-state index contributed by atoms with van der Waals surface area (Å²) in [6.07, 6.45) is 1.97. The summed E-state index contributed by atoms with van der Waals surface area (Å²) in [7, 11) is 0. The monoisotopic (exact) mass is 422 g/mol. The number of carbonyl (C=O) groups is 4. The Balaban J connectivity index is 1.58. The number of amides is 3. The summed E-state index contributed by atoms with van der Waals surface area (Å²) in [6, 6.07) is 15.2. The molecule has 2 aromatic carbocycles. The Labute approximate surface area is 181 Å². The van der Waals surface area contributed by atoms with Crippen molar-refractivity contribution < 1.29 is 24.0 Å². The third-order valence-corrected chi connectivity index (χ3v) is 4.98. The van der Waals surface area contributed by atoms with Crippen LogP contribution in [-0.4, -0.2) is 34.8 Å². The topological polar surface area (TPSA) is 92.8 Å². The maximum Gasteiger partial charge on any atom is 0.355 e. The van der Waals surface area contributed by atoms with Gasteiger partial charge in [-0.05, 0) is 42.9 Å². The Bertz CT molecular complexity index is 936. The van der Waals surface area contributed by atoms with Gasteiger partial charge in [-0.2, -0.15) is 0 Å². The molecule has 2 aromatic rings. The van der Waals surface area contributed by atoms with Crippen molar-refractivity contribution in [3.05, 3.63) is 71.3 Å². The van der Waals surface area contributed by atoms with E-state index in [1.165, 1.54) is 12.1 Å². The molecule has 1 N–H and O–H groups in total. The number of hydroxylamine groups is 2. The predicted octanol–water partition coefficient (Wildman–Crippen LogP) is 3.29. The van der Waals surface area contributed by atoms with Crippen LogP contribution in [0.3, 0.4) is 0 Å². The van der Waals surface area contributed by atoms with Gasteiger partial charge in [0.15, 0.2) is 0 Å². The fourth-order valence-corrected chi connectivity index (χ4v) is 3.45. The zero-order valence-corrected chi connectivity index (χ0v) is 17.7. The maximum absolute atomic E-state index is 12.7. The molecule has 1 aliphatic heterocycles. The summed E-state index contributed by atoms with van der Waals surface area (Å²) < 4.78 is 0. The fraction of sp³-hybridized carbons (Fsp3) is 0.333. The molecule has 7 heteroatoms. The SMILES string of the molecule is CC(C)C[C@H](NC(=O)CCCc1ccccc1)C(=O)ON1C(=O)c2ccccc2C1=O. The first-order valence-electron chi connectivity index (χ1n) is 10.4. The van der Waals surface area contributed by atoms with E-state index in [9.17, 15) is 19.2 Å². The van der Waals surface area contributed by atoms with Crippen molar-refractivity contribution >= 4 is 23.7 Å². The van der Waals surface area contributed by atoms with Crippen LogP contribution in [0.4, 0.5) is 0 Å². The number of benzene rings is 2. The summed E-state index contributed by atoms with van der Waals surface area (Å²) in [6.45, 7) is 3.81. The molecule has 0 unspecified atom stereocenters. The zero-order valence-electron chi connectivity index (χ0n) is 17.7. The molecule has 0 aromatic heterocycles. The van der Waals surface area contributed by atoms with Crippen molar-refractivity contribution in [3.8, 4) is 0 Å². The molecule has 0 saturated carbocycles. The molecule has 31 heavy (non-hydrogen) atoms. The number of nitrogens with one attached hydrogen (secondary N) is 1. The number of rotatable bonds is 9. The van der Waals surface area contributed by atoms with Crippen LogP contribution in [0.2, 0.25) is 0 Å². The van der Waals surface area contributed by atoms with Gasteiger partial charge in [-0.1, -0.05) is 61.4 Å². The van der Waals surface area contributed by atoms with Gasteiger partial charge in [-0.25, -0.2) is 4.79 Å². The van der Waals surface area contributed by atoms with Gasteiger partial charge in [0.1, 0.15) is 6.04 Å². The van der Waals surface area contributed by atoms with Crippen molar-refractivity contribution in [2.45, 2.75) is 45.6 Å². The van der Waals surface area contributed by atoms with Crippen LogP contribution in [0.1, 0.15) is 59.4 Å². The molecule has 0 fully saturated rings. The molecule has 0 saturated heterocycles. The van der Waals surface area contributed by atoms with Crippen molar-refractivity contribution in [3.63, 3.8) is 0 Å². The molecule has 162 valence electrons. The van der Waals surface area contributed by atoms with Crippen LogP contribution in [0.25, 0.3) is 0 Å². The van der Waals surface area contributed by atoms with Gasteiger partial charge < -0.3 is 10.2 Å². The summed E-state index contributed by atoms with van der Waals surface area (Å²) in [5.41, 5.74) is 1.51. The fourth-order valence-electron chi connectivity index (χ4n) is 3.45. The number of hydrogen-bond donors (Lipinski definition) is 1. The largest absolute Gasteiger partial charge is 0.355 e. The summed E-state index contributed by atoms with van der Waals surface area (Å²) in [5, 5.41) is 3.17. The lowest BCUT2D eigenvalue weighted by Gasteiger charge is -2.21. The number of hydrogen-bond acceptors (Lipinski definition) is 5. The van der Waals surface area contributed by atoms with Gasteiger partial charge in [-0.15, -0.1) is 0 Å². The van der Waals surface area contributed by atoms with Crippen molar-refractivity contribution in [1.29, 1.82) is 0 Å². The number of aryl methyl sites for hydroxylation is 1. The smallest absolute Gasteiger partial charge is 0.343 e. The molecule has 0 aliphatic carbocycles. The Morgan fingerprint density at radius 1 is 0.935 bits per heavy atom. The van der Waals surface area contributed by atoms with E-state index in [2.05, 4.69) is 5.32 Å². The third kappa shape index (κ3) is 5.57. The number of fused-ring (bicyclic) bond motifs is 1. The quantitative estimate of drug-likeness (QED) is 0.626. The average molecular weight is 422 g/mol. The normalized spacial score (nSPS) is 13.8. The molecule has 7 nitrogen and oxygen atoms in total. The highest BCUT2D eigenvalue weighted by atomic mass is 16.7. The second-order valence-corrected chi connectivity index (χ2v) is 7.95. The second kappa shape index (κ2) is 10.0. The van der Waals surface area contributed by atoms with Gasteiger partial charge >= 0.3 is 5.97 Å². The molecule has 1 atom stereocenters. The molecule has 0 spiro atoms. The van der Waals surface area contributed by atoms with Crippen LogP contribution in [-0.2, 0) is 20.8 Å². The first-order valence-corrected chi connectivity index (χ1v) is 10.4. The van der Waals surface area contributed by atoms with E-state index in [0.29, 0.717) is 17.9 Å². The first kappa shape index (κ1) is 22.2. The van der Waals surface area contributed by atoms with Gasteiger partial charge in [0, 0.05) is 6.42 Å². The van der Waals surface area contributed by atoms with Crippen LogP contribution in [0.15, 0.2) is 54.6 Å². The highest BCUT2D eigenvalue weighted by Gasteiger charge is 2.40. The van der Waals surface area contributed by atoms with E-state index in [-0.39, 0.29) is 29.4 Å². The standard InChI is InChI=1S/C24H26N2O5/c1-16(2)15-20(25-21(27)14-8-11-17-9-4-3-5-10-17)24(30)31-26-22(28)18-12-6-7-13-19(18)23(26)29/h3-7,9-10,12-13,16,20H,8,11,14-15H2,1-2H3,(H,25,27)/t20-/m0/s1. The number of imide groups is 1. The van der Waals surface area contributed by atoms with Crippen LogP contribution >= 0.6 is 0 Å². The molecule has 1 aliphatic rings. The maximum atomic E-state index is 12.7. The Hall–Kier alpha value is -3.48. The molecular weight excluding hydrogens is 396 g/mol. The average Bonchev–Trinajstić information content (AvgIpc) is 2.99. The zero-order chi connectivity index (χ0) is 22.4. The Morgan fingerprint density at radius 3 is 2.10 bits per heavy atom. The summed E-state index contributed by atoms with van der Waals surface area (Å²) >= 11 is 0. The second-order valence-electron chi connectivity index (χ2n) is 7.95. The van der Waals surface area contributed by atoms with E-state index in [1.807, 2.05) is 44.2 Å². The van der Waals surface area contributed by atoms with E-state index >= 15 is 0 Å².